The lowest BCUT2D eigenvalue weighted by Crippen LogP contribution is -1.98. The van der Waals surface area contributed by atoms with E-state index in [1.165, 1.54) is 0 Å². The van der Waals surface area contributed by atoms with Crippen molar-refractivity contribution in [3.05, 3.63) is 48.0 Å². The summed E-state index contributed by atoms with van der Waals surface area (Å²) in [6, 6.07) is 13.6. The van der Waals surface area contributed by atoms with E-state index in [4.69, 9.17) is 4.98 Å². The second kappa shape index (κ2) is 4.43. The third-order valence-corrected chi connectivity index (χ3v) is 3.42. The Morgan fingerprint density at radius 2 is 1.95 bits per heavy atom. The van der Waals surface area contributed by atoms with Crippen LogP contribution in [0, 0.1) is 6.92 Å². The number of phenols is 1. The quantitative estimate of drug-likeness (QED) is 0.754. The van der Waals surface area contributed by atoms with Crippen LogP contribution in [0.4, 0.5) is 0 Å². The molecule has 0 fully saturated rings. The zero-order valence-corrected chi connectivity index (χ0v) is 11.1. The number of para-hydroxylation sites is 2. The van der Waals surface area contributed by atoms with E-state index in [1.807, 2.05) is 31.2 Å². The van der Waals surface area contributed by atoms with Crippen LogP contribution in [0.2, 0.25) is 0 Å². The van der Waals surface area contributed by atoms with Gasteiger partial charge in [0, 0.05) is 12.1 Å². The predicted molar refractivity (Wildman–Crippen MR) is 77.2 cm³/mol. The number of aromatic nitrogens is 2. The van der Waals surface area contributed by atoms with Crippen LogP contribution >= 0.6 is 0 Å². The summed E-state index contributed by atoms with van der Waals surface area (Å²) in [6.07, 6.45) is 0. The van der Waals surface area contributed by atoms with Crippen molar-refractivity contribution in [1.82, 2.24) is 9.55 Å². The largest absolute Gasteiger partial charge is 0.508 e. The van der Waals surface area contributed by atoms with Gasteiger partial charge < -0.3 is 9.67 Å². The van der Waals surface area contributed by atoms with E-state index in [0.29, 0.717) is 5.75 Å². The van der Waals surface area contributed by atoms with Crippen molar-refractivity contribution >= 4 is 11.0 Å². The van der Waals surface area contributed by atoms with Crippen molar-refractivity contribution in [2.24, 2.45) is 0 Å². The number of rotatable bonds is 2. The zero-order chi connectivity index (χ0) is 13.4. The molecule has 3 nitrogen and oxygen atoms in total. The summed E-state index contributed by atoms with van der Waals surface area (Å²) >= 11 is 0. The zero-order valence-electron chi connectivity index (χ0n) is 11.1. The van der Waals surface area contributed by atoms with Gasteiger partial charge in [-0.1, -0.05) is 12.1 Å². The van der Waals surface area contributed by atoms with E-state index in [9.17, 15) is 5.11 Å². The van der Waals surface area contributed by atoms with Gasteiger partial charge in [0.15, 0.2) is 0 Å². The second-order valence-electron chi connectivity index (χ2n) is 4.67. The molecule has 0 atom stereocenters. The summed E-state index contributed by atoms with van der Waals surface area (Å²) in [5.74, 6) is 1.25. The molecule has 1 N–H and O–H groups in total. The van der Waals surface area contributed by atoms with Crippen molar-refractivity contribution in [2.75, 3.05) is 0 Å². The number of nitrogens with zero attached hydrogens (tertiary/aromatic N) is 2. The first-order valence-corrected chi connectivity index (χ1v) is 6.46. The minimum atomic E-state index is 0.292. The fourth-order valence-electron chi connectivity index (χ4n) is 2.50. The molecule has 1 heterocycles. The summed E-state index contributed by atoms with van der Waals surface area (Å²) in [5, 5.41) is 9.52. The molecular formula is C16H16N2O. The van der Waals surface area contributed by atoms with E-state index < -0.39 is 0 Å². The summed E-state index contributed by atoms with van der Waals surface area (Å²) in [7, 11) is 0. The minimum absolute atomic E-state index is 0.292. The highest BCUT2D eigenvalue weighted by molar-refractivity contribution is 5.81. The number of hydrogen-bond acceptors (Lipinski definition) is 2. The van der Waals surface area contributed by atoms with Gasteiger partial charge in [0.1, 0.15) is 11.6 Å². The number of aryl methyl sites for hydroxylation is 2. The Morgan fingerprint density at radius 1 is 1.16 bits per heavy atom. The van der Waals surface area contributed by atoms with Crippen molar-refractivity contribution in [1.29, 1.82) is 0 Å². The summed E-state index contributed by atoms with van der Waals surface area (Å²) in [5.41, 5.74) is 4.25. The molecule has 0 aliphatic heterocycles. The minimum Gasteiger partial charge on any atom is -0.508 e. The second-order valence-corrected chi connectivity index (χ2v) is 4.67. The molecule has 0 bridgehead atoms. The predicted octanol–water partition coefficient (Wildman–Crippen LogP) is 3.74. The summed E-state index contributed by atoms with van der Waals surface area (Å²) < 4.78 is 2.20. The Kier molecular flexibility index (Phi) is 2.75. The molecule has 0 unspecified atom stereocenters. The van der Waals surface area contributed by atoms with Crippen LogP contribution in [-0.4, -0.2) is 14.7 Å². The van der Waals surface area contributed by atoms with E-state index >= 15 is 0 Å². The van der Waals surface area contributed by atoms with E-state index in [1.54, 1.807) is 12.1 Å². The maximum absolute atomic E-state index is 9.52. The van der Waals surface area contributed by atoms with Gasteiger partial charge in [0.05, 0.1) is 11.0 Å². The third kappa shape index (κ3) is 1.87. The van der Waals surface area contributed by atoms with Gasteiger partial charge in [-0.3, -0.25) is 0 Å². The SMILES string of the molecule is CCn1c(-c2ccc(O)cc2C)nc2ccccc21. The molecule has 19 heavy (non-hydrogen) atoms. The normalized spacial score (nSPS) is 11.1. The lowest BCUT2D eigenvalue weighted by atomic mass is 10.1. The highest BCUT2D eigenvalue weighted by Crippen LogP contribution is 2.29. The van der Waals surface area contributed by atoms with Crippen LogP contribution in [0.5, 0.6) is 5.75 Å². The van der Waals surface area contributed by atoms with Crippen molar-refractivity contribution < 1.29 is 5.11 Å². The van der Waals surface area contributed by atoms with E-state index in [-0.39, 0.29) is 0 Å². The van der Waals surface area contributed by atoms with Gasteiger partial charge in [-0.15, -0.1) is 0 Å². The van der Waals surface area contributed by atoms with Crippen molar-refractivity contribution in [3.8, 4) is 17.1 Å². The molecule has 1 aromatic heterocycles. The Balaban J connectivity index is 2.30. The molecule has 96 valence electrons. The molecule has 2 aromatic carbocycles. The fraction of sp³-hybridized carbons (Fsp3) is 0.188. The van der Waals surface area contributed by atoms with Crippen LogP contribution < -0.4 is 0 Å². The highest BCUT2D eigenvalue weighted by Gasteiger charge is 2.13. The van der Waals surface area contributed by atoms with Crippen molar-refractivity contribution in [2.45, 2.75) is 20.4 Å². The Bertz CT molecular complexity index is 744. The first-order valence-electron chi connectivity index (χ1n) is 6.46. The lowest BCUT2D eigenvalue weighted by Gasteiger charge is -2.09. The molecular weight excluding hydrogens is 236 g/mol. The maximum Gasteiger partial charge on any atom is 0.141 e. The molecule has 3 aromatic rings. The van der Waals surface area contributed by atoms with E-state index in [2.05, 4.69) is 17.6 Å². The number of imidazole rings is 1. The molecule has 0 saturated heterocycles. The fourth-order valence-corrected chi connectivity index (χ4v) is 2.50. The molecule has 0 radical (unpaired) electrons. The summed E-state index contributed by atoms with van der Waals surface area (Å²) in [4.78, 5) is 4.73. The molecule has 0 spiro atoms. The Labute approximate surface area is 112 Å². The third-order valence-electron chi connectivity index (χ3n) is 3.42. The van der Waals surface area contributed by atoms with E-state index in [0.717, 1.165) is 34.5 Å². The van der Waals surface area contributed by atoms with Gasteiger partial charge in [0.25, 0.3) is 0 Å². The van der Waals surface area contributed by atoms with Gasteiger partial charge >= 0.3 is 0 Å². The van der Waals surface area contributed by atoms with Gasteiger partial charge in [0.2, 0.25) is 0 Å². The van der Waals surface area contributed by atoms with Crippen LogP contribution in [0.15, 0.2) is 42.5 Å². The van der Waals surface area contributed by atoms with Crippen LogP contribution in [0.1, 0.15) is 12.5 Å². The number of benzene rings is 2. The molecule has 0 saturated carbocycles. The summed E-state index contributed by atoms with van der Waals surface area (Å²) in [6.45, 7) is 4.98. The molecule has 0 aliphatic carbocycles. The van der Waals surface area contributed by atoms with Crippen LogP contribution in [-0.2, 0) is 6.54 Å². The molecule has 3 heteroatoms. The number of phenolic OH excluding ortho intramolecular Hbond substituents is 1. The van der Waals surface area contributed by atoms with Crippen molar-refractivity contribution in [3.63, 3.8) is 0 Å². The van der Waals surface area contributed by atoms with Crippen LogP contribution in [0.25, 0.3) is 22.4 Å². The van der Waals surface area contributed by atoms with Gasteiger partial charge in [-0.2, -0.15) is 0 Å². The van der Waals surface area contributed by atoms with Crippen LogP contribution in [0.3, 0.4) is 0 Å². The standard InChI is InChI=1S/C16H16N2O/c1-3-18-15-7-5-4-6-14(15)17-16(18)13-9-8-12(19)10-11(13)2/h4-10,19H,3H2,1-2H3. The molecule has 3 rings (SSSR count). The first-order chi connectivity index (χ1) is 9.20. The van der Waals surface area contributed by atoms with Gasteiger partial charge in [-0.05, 0) is 49.7 Å². The molecule has 0 amide bonds. The number of aromatic hydroxyl groups is 1. The Morgan fingerprint density at radius 3 is 2.68 bits per heavy atom. The Hall–Kier alpha value is -2.29. The average Bonchev–Trinajstić information content (AvgIpc) is 2.76. The monoisotopic (exact) mass is 252 g/mol. The lowest BCUT2D eigenvalue weighted by molar-refractivity contribution is 0.475. The topological polar surface area (TPSA) is 38.0 Å². The maximum atomic E-state index is 9.52. The van der Waals surface area contributed by atoms with Gasteiger partial charge in [-0.25, -0.2) is 4.98 Å². The molecule has 0 aliphatic rings. The highest BCUT2D eigenvalue weighted by atomic mass is 16.3. The number of fused-ring (bicyclic) bond motifs is 1. The first kappa shape index (κ1) is 11.8. The number of hydrogen-bond donors (Lipinski definition) is 1. The smallest absolute Gasteiger partial charge is 0.141 e. The average molecular weight is 252 g/mol.